The van der Waals surface area contributed by atoms with Gasteiger partial charge in [-0.3, -0.25) is 4.79 Å². The monoisotopic (exact) mass is 292 g/mol. The van der Waals surface area contributed by atoms with E-state index in [1.54, 1.807) is 0 Å². The fraction of sp³-hybridized carbons (Fsp3) is 0.429. The molecule has 7 heteroatoms. The van der Waals surface area contributed by atoms with Crippen LogP contribution >= 0.6 is 0 Å². The number of aromatic nitrogens is 2. The Kier molecular flexibility index (Phi) is 3.50. The molecule has 1 amide bonds. The number of fused-ring (bicyclic) bond motifs is 1. The first kappa shape index (κ1) is 13.8. The fourth-order valence-corrected chi connectivity index (χ4v) is 2.71. The summed E-state index contributed by atoms with van der Waals surface area (Å²) in [7, 11) is 2.04. The Hall–Kier alpha value is -2.15. The zero-order valence-corrected chi connectivity index (χ0v) is 11.7. The van der Waals surface area contributed by atoms with Crippen LogP contribution in [0.3, 0.4) is 0 Å². The molecule has 0 aliphatic carbocycles. The summed E-state index contributed by atoms with van der Waals surface area (Å²) in [4.78, 5) is 17.2. The molecule has 3 rings (SSSR count). The van der Waals surface area contributed by atoms with Crippen molar-refractivity contribution in [2.45, 2.75) is 18.9 Å². The van der Waals surface area contributed by atoms with Gasteiger partial charge in [-0.1, -0.05) is 0 Å². The molecule has 0 radical (unpaired) electrons. The van der Waals surface area contributed by atoms with Crippen LogP contribution in [0, 0.1) is 11.0 Å². The van der Waals surface area contributed by atoms with Gasteiger partial charge in [0.15, 0.2) is 0 Å². The Morgan fingerprint density at radius 1 is 1.52 bits per heavy atom. The van der Waals surface area contributed by atoms with Crippen LogP contribution in [0.5, 0.6) is 0 Å². The summed E-state index contributed by atoms with van der Waals surface area (Å²) >= 11 is 0. The first-order valence-corrected chi connectivity index (χ1v) is 6.94. The molecule has 6 nitrogen and oxygen atoms in total. The summed E-state index contributed by atoms with van der Waals surface area (Å²) in [5.41, 5.74) is 0.232. The molecule has 112 valence electrons. The number of piperidine rings is 1. The van der Waals surface area contributed by atoms with Gasteiger partial charge in [-0.15, -0.1) is 0 Å². The maximum atomic E-state index is 13.9. The summed E-state index contributed by atoms with van der Waals surface area (Å²) in [6, 6.07) is 1.15. The van der Waals surface area contributed by atoms with Crippen molar-refractivity contribution >= 4 is 16.9 Å². The molecular formula is C14H17FN4O2. The fourth-order valence-electron chi connectivity index (χ4n) is 2.71. The number of pyridine rings is 1. The maximum Gasteiger partial charge on any atom is 0.293 e. The lowest BCUT2D eigenvalue weighted by molar-refractivity contribution is -0.579. The van der Waals surface area contributed by atoms with E-state index >= 15 is 0 Å². The van der Waals surface area contributed by atoms with Crippen molar-refractivity contribution in [1.29, 1.82) is 0 Å². The minimum absolute atomic E-state index is 0.0397. The van der Waals surface area contributed by atoms with Crippen molar-refractivity contribution in [2.24, 2.45) is 0 Å². The van der Waals surface area contributed by atoms with Crippen molar-refractivity contribution in [3.63, 3.8) is 0 Å². The number of rotatable bonds is 2. The van der Waals surface area contributed by atoms with Crippen LogP contribution in [0.1, 0.15) is 23.2 Å². The van der Waals surface area contributed by atoms with Crippen molar-refractivity contribution < 1.29 is 13.9 Å². The van der Waals surface area contributed by atoms with Gasteiger partial charge in [0.25, 0.3) is 11.6 Å². The summed E-state index contributed by atoms with van der Waals surface area (Å²) in [6.45, 7) is 1.85. The van der Waals surface area contributed by atoms with Gasteiger partial charge in [0.2, 0.25) is 0 Å². The molecule has 0 atom stereocenters. The van der Waals surface area contributed by atoms with E-state index in [2.05, 4.69) is 15.2 Å². The Labute approximate surface area is 121 Å². The summed E-state index contributed by atoms with van der Waals surface area (Å²) in [5.74, 6) is -0.923. The standard InChI is InChI=1S/C14H17FN4O2/c1-18-5-2-9(3-6-18)17-14(20)10-8-16-13-12(10)11(15)4-7-19(13)21/h4,7-9,16H,2-3,5-6H2,1H3,(H,17,20). The van der Waals surface area contributed by atoms with Crippen molar-refractivity contribution in [3.05, 3.63) is 35.0 Å². The number of hydrogen-bond acceptors (Lipinski definition) is 3. The number of nitrogens with zero attached hydrogens (tertiary/aromatic N) is 2. The lowest BCUT2D eigenvalue weighted by Crippen LogP contribution is -2.43. The van der Waals surface area contributed by atoms with Crippen molar-refractivity contribution in [2.75, 3.05) is 20.1 Å². The minimum atomic E-state index is -0.577. The number of hydrogen-bond donors (Lipinski definition) is 2. The average molecular weight is 292 g/mol. The number of carbonyl (C=O) groups is 1. The molecule has 1 saturated heterocycles. The first-order valence-electron chi connectivity index (χ1n) is 6.94. The van der Waals surface area contributed by atoms with E-state index in [0.29, 0.717) is 4.73 Å². The zero-order valence-electron chi connectivity index (χ0n) is 11.7. The maximum absolute atomic E-state index is 13.9. The molecule has 0 saturated carbocycles. The SMILES string of the molecule is CN1CCC(NC(=O)c2c[nH]c3c2c(F)cc[n+]3[O-])CC1. The molecule has 1 aliphatic heterocycles. The summed E-state index contributed by atoms with van der Waals surface area (Å²) in [5, 5.41) is 14.5. The number of amides is 1. The van der Waals surface area contributed by atoms with E-state index in [1.807, 2.05) is 7.05 Å². The Morgan fingerprint density at radius 3 is 2.95 bits per heavy atom. The molecule has 0 bridgehead atoms. The summed E-state index contributed by atoms with van der Waals surface area (Å²) in [6.07, 6.45) is 4.20. The van der Waals surface area contributed by atoms with Crippen LogP contribution in [0.2, 0.25) is 0 Å². The third-order valence-electron chi connectivity index (χ3n) is 3.97. The van der Waals surface area contributed by atoms with Gasteiger partial charge in [-0.05, 0) is 33.0 Å². The molecule has 3 heterocycles. The van der Waals surface area contributed by atoms with E-state index in [0.717, 1.165) is 38.2 Å². The minimum Gasteiger partial charge on any atom is -0.711 e. The number of carbonyl (C=O) groups excluding carboxylic acids is 1. The van der Waals surface area contributed by atoms with E-state index in [-0.39, 0.29) is 28.5 Å². The van der Waals surface area contributed by atoms with Crippen molar-refractivity contribution in [1.82, 2.24) is 15.2 Å². The Balaban J connectivity index is 1.84. The van der Waals surface area contributed by atoms with E-state index in [4.69, 9.17) is 0 Å². The van der Waals surface area contributed by atoms with Gasteiger partial charge in [-0.25, -0.2) is 14.1 Å². The normalized spacial score (nSPS) is 17.2. The molecule has 0 unspecified atom stereocenters. The largest absolute Gasteiger partial charge is 0.711 e. The van der Waals surface area contributed by atoms with Crippen molar-refractivity contribution in [3.8, 4) is 0 Å². The van der Waals surface area contributed by atoms with Gasteiger partial charge >= 0.3 is 0 Å². The highest BCUT2D eigenvalue weighted by molar-refractivity contribution is 6.05. The highest BCUT2D eigenvalue weighted by Crippen LogP contribution is 2.19. The number of aromatic amines is 1. The predicted molar refractivity (Wildman–Crippen MR) is 75.2 cm³/mol. The van der Waals surface area contributed by atoms with Gasteiger partial charge in [0, 0.05) is 12.1 Å². The molecule has 0 spiro atoms. The predicted octanol–water partition coefficient (Wildman–Crippen LogP) is 0.764. The molecule has 1 fully saturated rings. The average Bonchev–Trinajstić information content (AvgIpc) is 2.92. The lowest BCUT2D eigenvalue weighted by Gasteiger charge is -2.29. The number of halogens is 1. The van der Waals surface area contributed by atoms with Crippen LogP contribution in [-0.4, -0.2) is 42.0 Å². The van der Waals surface area contributed by atoms with E-state index < -0.39 is 5.82 Å². The Morgan fingerprint density at radius 2 is 2.24 bits per heavy atom. The van der Waals surface area contributed by atoms with Gasteiger partial charge in [0.1, 0.15) is 17.4 Å². The van der Waals surface area contributed by atoms with Gasteiger partial charge in [-0.2, -0.15) is 0 Å². The second kappa shape index (κ2) is 5.33. The lowest BCUT2D eigenvalue weighted by atomic mass is 10.0. The molecule has 1 aliphatic rings. The van der Waals surface area contributed by atoms with E-state index in [1.165, 1.54) is 6.20 Å². The smallest absolute Gasteiger partial charge is 0.293 e. The molecular weight excluding hydrogens is 275 g/mol. The van der Waals surface area contributed by atoms with Crippen LogP contribution in [-0.2, 0) is 0 Å². The highest BCUT2D eigenvalue weighted by atomic mass is 19.1. The third kappa shape index (κ3) is 2.56. The number of nitrogens with one attached hydrogen (secondary N) is 2. The zero-order chi connectivity index (χ0) is 15.0. The topological polar surface area (TPSA) is 75.1 Å². The number of likely N-dealkylation sites (tertiary alicyclic amines) is 1. The first-order chi connectivity index (χ1) is 10.1. The third-order valence-corrected chi connectivity index (χ3v) is 3.97. The van der Waals surface area contributed by atoms with Gasteiger partial charge < -0.3 is 15.4 Å². The van der Waals surface area contributed by atoms with Crippen LogP contribution in [0.4, 0.5) is 4.39 Å². The molecule has 2 aromatic heterocycles. The molecule has 21 heavy (non-hydrogen) atoms. The highest BCUT2D eigenvalue weighted by Gasteiger charge is 2.24. The number of H-pyrrole nitrogens is 1. The van der Waals surface area contributed by atoms with Gasteiger partial charge in [0.05, 0.1) is 11.8 Å². The molecule has 0 aromatic carbocycles. The quantitative estimate of drug-likeness (QED) is 0.634. The van der Waals surface area contributed by atoms with Crippen LogP contribution < -0.4 is 10.0 Å². The van der Waals surface area contributed by atoms with Crippen LogP contribution in [0.25, 0.3) is 11.0 Å². The molecule has 2 N–H and O–H groups in total. The van der Waals surface area contributed by atoms with E-state index in [9.17, 15) is 14.4 Å². The second-order valence-corrected chi connectivity index (χ2v) is 5.47. The Bertz CT molecular complexity index is 677. The second-order valence-electron chi connectivity index (χ2n) is 5.47. The molecule has 2 aromatic rings. The van der Waals surface area contributed by atoms with Crippen LogP contribution in [0.15, 0.2) is 18.5 Å². The summed E-state index contributed by atoms with van der Waals surface area (Å²) < 4.78 is 14.4.